The van der Waals surface area contributed by atoms with E-state index in [2.05, 4.69) is 10.3 Å². The molecule has 0 saturated carbocycles. The van der Waals surface area contributed by atoms with Gasteiger partial charge in [0.2, 0.25) is 0 Å². The normalized spacial score (nSPS) is 10.7. The minimum atomic E-state index is 0.228. The van der Waals surface area contributed by atoms with Crippen molar-refractivity contribution in [2.45, 2.75) is 20.0 Å². The molecule has 0 saturated heterocycles. The SMILES string of the molecule is Cc1ncsc1CNCc1c(O)cccc1Cl. The fraction of sp³-hybridized carbons (Fsp3) is 0.250. The third-order valence-electron chi connectivity index (χ3n) is 2.53. The van der Waals surface area contributed by atoms with Crippen LogP contribution >= 0.6 is 22.9 Å². The van der Waals surface area contributed by atoms with Gasteiger partial charge in [-0.25, -0.2) is 4.98 Å². The first-order valence-corrected chi connectivity index (χ1v) is 6.50. The standard InChI is InChI=1S/C12H13ClN2OS/c1-8-12(17-7-15-8)6-14-5-9-10(13)3-2-4-11(9)16/h2-4,7,14,16H,5-6H2,1H3. The smallest absolute Gasteiger partial charge is 0.121 e. The van der Waals surface area contributed by atoms with Crippen LogP contribution in [-0.4, -0.2) is 10.1 Å². The van der Waals surface area contributed by atoms with Gasteiger partial charge in [-0.3, -0.25) is 0 Å². The number of aromatic hydroxyl groups is 1. The van der Waals surface area contributed by atoms with Crippen molar-refractivity contribution in [3.05, 3.63) is 44.9 Å². The van der Waals surface area contributed by atoms with Gasteiger partial charge in [-0.15, -0.1) is 11.3 Å². The molecular weight excluding hydrogens is 256 g/mol. The van der Waals surface area contributed by atoms with E-state index in [0.29, 0.717) is 11.6 Å². The highest BCUT2D eigenvalue weighted by Gasteiger charge is 2.06. The van der Waals surface area contributed by atoms with E-state index >= 15 is 0 Å². The molecule has 90 valence electrons. The molecule has 2 N–H and O–H groups in total. The minimum Gasteiger partial charge on any atom is -0.508 e. The lowest BCUT2D eigenvalue weighted by atomic mass is 10.2. The number of benzene rings is 1. The molecule has 2 rings (SSSR count). The average molecular weight is 269 g/mol. The maximum Gasteiger partial charge on any atom is 0.121 e. The number of aryl methyl sites for hydroxylation is 1. The summed E-state index contributed by atoms with van der Waals surface area (Å²) in [5, 5.41) is 13.5. The molecule has 0 aliphatic rings. The molecule has 0 bridgehead atoms. The number of rotatable bonds is 4. The zero-order chi connectivity index (χ0) is 12.3. The zero-order valence-electron chi connectivity index (χ0n) is 9.40. The summed E-state index contributed by atoms with van der Waals surface area (Å²) in [5.41, 5.74) is 3.61. The van der Waals surface area contributed by atoms with Gasteiger partial charge in [0.1, 0.15) is 5.75 Å². The molecule has 0 fully saturated rings. The Morgan fingerprint density at radius 2 is 2.24 bits per heavy atom. The van der Waals surface area contributed by atoms with Crippen molar-refractivity contribution < 1.29 is 5.11 Å². The second kappa shape index (κ2) is 5.49. The molecule has 0 atom stereocenters. The zero-order valence-corrected chi connectivity index (χ0v) is 11.0. The topological polar surface area (TPSA) is 45.2 Å². The van der Waals surface area contributed by atoms with Gasteiger partial charge in [-0.2, -0.15) is 0 Å². The number of phenols is 1. The van der Waals surface area contributed by atoms with Crippen LogP contribution in [0.2, 0.25) is 5.02 Å². The van der Waals surface area contributed by atoms with Crippen molar-refractivity contribution in [1.29, 1.82) is 0 Å². The van der Waals surface area contributed by atoms with Gasteiger partial charge >= 0.3 is 0 Å². The van der Waals surface area contributed by atoms with Gasteiger partial charge in [0.25, 0.3) is 0 Å². The van der Waals surface area contributed by atoms with Gasteiger partial charge in [-0.05, 0) is 19.1 Å². The maximum absolute atomic E-state index is 9.67. The Kier molecular flexibility index (Phi) is 3.99. The lowest BCUT2D eigenvalue weighted by Crippen LogP contribution is -2.13. The molecule has 17 heavy (non-hydrogen) atoms. The third kappa shape index (κ3) is 2.97. The lowest BCUT2D eigenvalue weighted by molar-refractivity contribution is 0.464. The molecule has 0 radical (unpaired) electrons. The van der Waals surface area contributed by atoms with Crippen molar-refractivity contribution >= 4 is 22.9 Å². The first kappa shape index (κ1) is 12.4. The number of hydrogen-bond donors (Lipinski definition) is 2. The molecule has 0 aliphatic heterocycles. The van der Waals surface area contributed by atoms with Crippen LogP contribution in [0.5, 0.6) is 5.75 Å². The summed E-state index contributed by atoms with van der Waals surface area (Å²) < 4.78 is 0. The largest absolute Gasteiger partial charge is 0.508 e. The fourth-order valence-corrected chi connectivity index (χ4v) is 2.50. The Morgan fingerprint density at radius 3 is 2.88 bits per heavy atom. The van der Waals surface area contributed by atoms with E-state index in [9.17, 15) is 5.11 Å². The Labute approximate surface area is 109 Å². The van der Waals surface area contributed by atoms with Crippen molar-refractivity contribution in [3.63, 3.8) is 0 Å². The van der Waals surface area contributed by atoms with E-state index in [1.165, 1.54) is 4.88 Å². The molecule has 1 aromatic heterocycles. The minimum absolute atomic E-state index is 0.228. The predicted octanol–water partition coefficient (Wildman–Crippen LogP) is 3.10. The first-order valence-electron chi connectivity index (χ1n) is 5.24. The number of thiazole rings is 1. The maximum atomic E-state index is 9.67. The summed E-state index contributed by atoms with van der Waals surface area (Å²) in [6, 6.07) is 5.14. The summed E-state index contributed by atoms with van der Waals surface area (Å²) in [5.74, 6) is 0.228. The quantitative estimate of drug-likeness (QED) is 0.896. The van der Waals surface area contributed by atoms with E-state index in [1.807, 2.05) is 12.4 Å². The van der Waals surface area contributed by atoms with E-state index in [0.717, 1.165) is 17.8 Å². The van der Waals surface area contributed by atoms with Gasteiger partial charge in [0.15, 0.2) is 0 Å². The highest BCUT2D eigenvalue weighted by molar-refractivity contribution is 7.09. The fourth-order valence-electron chi connectivity index (χ4n) is 1.52. The van der Waals surface area contributed by atoms with Crippen LogP contribution in [0, 0.1) is 6.92 Å². The summed E-state index contributed by atoms with van der Waals surface area (Å²) in [7, 11) is 0. The Morgan fingerprint density at radius 1 is 1.41 bits per heavy atom. The van der Waals surface area contributed by atoms with Crippen LogP contribution in [0.15, 0.2) is 23.7 Å². The number of phenolic OH excluding ortho intramolecular Hbond substituents is 1. The Hall–Kier alpha value is -1.10. The highest BCUT2D eigenvalue weighted by Crippen LogP contribution is 2.25. The van der Waals surface area contributed by atoms with Crippen LogP contribution in [0.1, 0.15) is 16.1 Å². The van der Waals surface area contributed by atoms with Crippen LogP contribution < -0.4 is 5.32 Å². The number of halogens is 1. The van der Waals surface area contributed by atoms with Crippen LogP contribution in [0.3, 0.4) is 0 Å². The predicted molar refractivity (Wildman–Crippen MR) is 70.5 cm³/mol. The van der Waals surface area contributed by atoms with E-state index in [1.54, 1.807) is 29.5 Å². The van der Waals surface area contributed by atoms with Crippen molar-refractivity contribution in [2.75, 3.05) is 0 Å². The van der Waals surface area contributed by atoms with E-state index in [-0.39, 0.29) is 5.75 Å². The summed E-state index contributed by atoms with van der Waals surface area (Å²) >= 11 is 7.64. The third-order valence-corrected chi connectivity index (χ3v) is 3.82. The van der Waals surface area contributed by atoms with Crippen molar-refractivity contribution in [1.82, 2.24) is 10.3 Å². The molecule has 0 unspecified atom stereocenters. The van der Waals surface area contributed by atoms with E-state index in [4.69, 9.17) is 11.6 Å². The lowest BCUT2D eigenvalue weighted by Gasteiger charge is -2.08. The van der Waals surface area contributed by atoms with Crippen LogP contribution in [0.4, 0.5) is 0 Å². The number of nitrogens with zero attached hydrogens (tertiary/aromatic N) is 1. The summed E-state index contributed by atoms with van der Waals surface area (Å²) in [4.78, 5) is 5.39. The number of hydrogen-bond acceptors (Lipinski definition) is 4. The van der Waals surface area contributed by atoms with Gasteiger partial charge in [-0.1, -0.05) is 17.7 Å². The highest BCUT2D eigenvalue weighted by atomic mass is 35.5. The van der Waals surface area contributed by atoms with Gasteiger partial charge in [0, 0.05) is 28.6 Å². The molecule has 5 heteroatoms. The number of nitrogens with one attached hydrogen (secondary N) is 1. The second-order valence-corrected chi connectivity index (χ2v) is 5.05. The molecule has 2 aromatic rings. The Bertz CT molecular complexity index is 493. The molecule has 1 aromatic carbocycles. The van der Waals surface area contributed by atoms with Gasteiger partial charge < -0.3 is 10.4 Å². The van der Waals surface area contributed by atoms with Gasteiger partial charge in [0.05, 0.1) is 11.2 Å². The molecular formula is C12H13ClN2OS. The summed E-state index contributed by atoms with van der Waals surface area (Å²) in [6.07, 6.45) is 0. The molecule has 1 heterocycles. The Balaban J connectivity index is 1.97. The summed E-state index contributed by atoms with van der Waals surface area (Å²) in [6.45, 7) is 3.27. The van der Waals surface area contributed by atoms with Crippen LogP contribution in [0.25, 0.3) is 0 Å². The first-order chi connectivity index (χ1) is 8.18. The molecule has 0 aliphatic carbocycles. The monoisotopic (exact) mass is 268 g/mol. The average Bonchev–Trinajstić information content (AvgIpc) is 2.69. The van der Waals surface area contributed by atoms with Crippen LogP contribution in [-0.2, 0) is 13.1 Å². The molecule has 0 amide bonds. The molecule has 3 nitrogen and oxygen atoms in total. The number of aromatic nitrogens is 1. The second-order valence-electron chi connectivity index (χ2n) is 3.70. The van der Waals surface area contributed by atoms with Crippen molar-refractivity contribution in [3.8, 4) is 5.75 Å². The molecule has 0 spiro atoms. The van der Waals surface area contributed by atoms with E-state index < -0.39 is 0 Å². The van der Waals surface area contributed by atoms with Crippen molar-refractivity contribution in [2.24, 2.45) is 0 Å².